The number of rotatable bonds is 1. The van der Waals surface area contributed by atoms with Crippen molar-refractivity contribution in [1.82, 2.24) is 0 Å². The molecule has 0 unspecified atom stereocenters. The minimum Gasteiger partial charge on any atom is -0.0616 e. The van der Waals surface area contributed by atoms with Crippen molar-refractivity contribution in [2.24, 2.45) is 0 Å². The van der Waals surface area contributed by atoms with Gasteiger partial charge in [0.15, 0.2) is 0 Å². The van der Waals surface area contributed by atoms with Gasteiger partial charge >= 0.3 is 0 Å². The number of fused-ring (bicyclic) bond motifs is 8. The van der Waals surface area contributed by atoms with Crippen LogP contribution in [0.4, 0.5) is 0 Å². The molecule has 5 rings (SSSR count). The van der Waals surface area contributed by atoms with Crippen LogP contribution in [0.25, 0.3) is 43.1 Å². The van der Waals surface area contributed by atoms with Crippen molar-refractivity contribution in [1.29, 1.82) is 0 Å². The number of hydrogen-bond acceptors (Lipinski definition) is 0. The Hall–Kier alpha value is -2.86. The van der Waals surface area contributed by atoms with Gasteiger partial charge in [0.05, 0.1) is 0 Å². The maximum Gasteiger partial charge on any atom is -0.00202 e. The van der Waals surface area contributed by atoms with E-state index in [0.29, 0.717) is 5.92 Å². The van der Waals surface area contributed by atoms with Crippen molar-refractivity contribution in [3.8, 4) is 0 Å². The summed E-state index contributed by atoms with van der Waals surface area (Å²) in [7, 11) is 0. The Bertz CT molecular complexity index is 1260. The molecular formula is C25H20. The summed E-state index contributed by atoms with van der Waals surface area (Å²) >= 11 is 0. The quantitative estimate of drug-likeness (QED) is 0.282. The summed E-state index contributed by atoms with van der Waals surface area (Å²) < 4.78 is 0. The Morgan fingerprint density at radius 2 is 0.880 bits per heavy atom. The lowest BCUT2D eigenvalue weighted by Gasteiger charge is -2.17. The Labute approximate surface area is 147 Å². The predicted molar refractivity (Wildman–Crippen MR) is 111 cm³/mol. The van der Waals surface area contributed by atoms with Crippen molar-refractivity contribution in [3.05, 3.63) is 84.4 Å². The van der Waals surface area contributed by atoms with Gasteiger partial charge < -0.3 is 0 Å². The van der Waals surface area contributed by atoms with Gasteiger partial charge in [0.1, 0.15) is 0 Å². The van der Waals surface area contributed by atoms with Gasteiger partial charge in [0.2, 0.25) is 0 Å². The standard InChI is InChI=1S/C25H20/c1-16(2)23-15-24-19-11-4-3-9-17(19)18-10-5-7-13-21(18)25(24)22-14-8-6-12-20(22)23/h3-16H,1-2H3. The first-order valence-electron chi connectivity index (χ1n) is 9.00. The van der Waals surface area contributed by atoms with Gasteiger partial charge in [0, 0.05) is 0 Å². The maximum atomic E-state index is 2.43. The van der Waals surface area contributed by atoms with Crippen LogP contribution in [0.3, 0.4) is 0 Å². The molecule has 0 fully saturated rings. The molecule has 0 amide bonds. The molecule has 120 valence electrons. The van der Waals surface area contributed by atoms with E-state index in [1.165, 1.54) is 48.7 Å². The molecule has 0 aliphatic rings. The molecule has 0 aliphatic heterocycles. The molecule has 5 aromatic carbocycles. The largest absolute Gasteiger partial charge is 0.0616 e. The van der Waals surface area contributed by atoms with Crippen LogP contribution in [0.5, 0.6) is 0 Å². The zero-order valence-electron chi connectivity index (χ0n) is 14.6. The maximum absolute atomic E-state index is 2.43. The smallest absolute Gasteiger partial charge is 0.00202 e. The Balaban J connectivity index is 2.20. The molecule has 5 aromatic rings. The van der Waals surface area contributed by atoms with Crippen LogP contribution < -0.4 is 0 Å². The van der Waals surface area contributed by atoms with E-state index in [2.05, 4.69) is 92.7 Å². The fourth-order valence-electron chi connectivity index (χ4n) is 4.27. The van der Waals surface area contributed by atoms with Crippen molar-refractivity contribution >= 4 is 43.1 Å². The zero-order chi connectivity index (χ0) is 17.0. The van der Waals surface area contributed by atoms with Crippen molar-refractivity contribution in [3.63, 3.8) is 0 Å². The van der Waals surface area contributed by atoms with Gasteiger partial charge in [-0.1, -0.05) is 86.6 Å². The second kappa shape index (κ2) is 5.32. The topological polar surface area (TPSA) is 0 Å². The van der Waals surface area contributed by atoms with Gasteiger partial charge in [-0.15, -0.1) is 0 Å². The predicted octanol–water partition coefficient (Wildman–Crippen LogP) is 7.42. The van der Waals surface area contributed by atoms with E-state index in [0.717, 1.165) is 0 Å². The van der Waals surface area contributed by atoms with E-state index in [-0.39, 0.29) is 0 Å². The summed E-state index contributed by atoms with van der Waals surface area (Å²) in [6.45, 7) is 4.58. The SMILES string of the molecule is CC(C)c1cc2c3ccccc3c3ccccc3c2c2ccccc12. The molecular weight excluding hydrogens is 300 g/mol. The highest BCUT2D eigenvalue weighted by atomic mass is 14.2. The Morgan fingerprint density at radius 3 is 1.44 bits per heavy atom. The monoisotopic (exact) mass is 320 g/mol. The average molecular weight is 320 g/mol. The molecule has 0 bridgehead atoms. The molecule has 0 radical (unpaired) electrons. The molecule has 0 N–H and O–H groups in total. The van der Waals surface area contributed by atoms with E-state index in [1.54, 1.807) is 0 Å². The van der Waals surface area contributed by atoms with Gasteiger partial charge in [-0.3, -0.25) is 0 Å². The third-order valence-corrected chi connectivity index (χ3v) is 5.40. The Kier molecular flexibility index (Phi) is 3.08. The molecule has 0 aliphatic carbocycles. The highest BCUT2D eigenvalue weighted by Crippen LogP contribution is 2.41. The van der Waals surface area contributed by atoms with Crippen LogP contribution in [0.15, 0.2) is 78.9 Å². The highest BCUT2D eigenvalue weighted by Gasteiger charge is 2.14. The molecule has 0 saturated carbocycles. The van der Waals surface area contributed by atoms with Crippen LogP contribution in [-0.2, 0) is 0 Å². The van der Waals surface area contributed by atoms with Crippen LogP contribution in [0, 0.1) is 0 Å². The van der Waals surface area contributed by atoms with Crippen molar-refractivity contribution < 1.29 is 0 Å². The minimum absolute atomic E-state index is 0.500. The second-order valence-electron chi connectivity index (χ2n) is 7.18. The van der Waals surface area contributed by atoms with E-state index >= 15 is 0 Å². The van der Waals surface area contributed by atoms with Crippen molar-refractivity contribution in [2.45, 2.75) is 19.8 Å². The van der Waals surface area contributed by atoms with Crippen LogP contribution >= 0.6 is 0 Å². The summed E-state index contributed by atoms with van der Waals surface area (Å²) in [5.74, 6) is 0.500. The third-order valence-electron chi connectivity index (χ3n) is 5.40. The molecule has 25 heavy (non-hydrogen) atoms. The van der Waals surface area contributed by atoms with Crippen LogP contribution in [0.1, 0.15) is 25.3 Å². The zero-order valence-corrected chi connectivity index (χ0v) is 14.6. The molecule has 0 nitrogen and oxygen atoms in total. The summed E-state index contributed by atoms with van der Waals surface area (Å²) in [5, 5.41) is 10.9. The first-order valence-corrected chi connectivity index (χ1v) is 9.00. The van der Waals surface area contributed by atoms with E-state index < -0.39 is 0 Å². The lowest BCUT2D eigenvalue weighted by Crippen LogP contribution is -1.92. The lowest BCUT2D eigenvalue weighted by atomic mass is 9.87. The number of benzene rings is 5. The Morgan fingerprint density at radius 1 is 0.480 bits per heavy atom. The summed E-state index contributed by atoms with van der Waals surface area (Å²) in [6.07, 6.45) is 0. The van der Waals surface area contributed by atoms with Gasteiger partial charge in [0.25, 0.3) is 0 Å². The normalized spacial score (nSPS) is 12.0. The second-order valence-corrected chi connectivity index (χ2v) is 7.18. The van der Waals surface area contributed by atoms with Crippen molar-refractivity contribution in [2.75, 3.05) is 0 Å². The lowest BCUT2D eigenvalue weighted by molar-refractivity contribution is 0.878. The first kappa shape index (κ1) is 14.5. The van der Waals surface area contributed by atoms with E-state index in [1.807, 2.05) is 0 Å². The number of hydrogen-bond donors (Lipinski definition) is 0. The molecule has 0 spiro atoms. The molecule has 0 saturated heterocycles. The molecule has 0 heteroatoms. The average Bonchev–Trinajstić information content (AvgIpc) is 2.67. The van der Waals surface area contributed by atoms with Crippen LogP contribution in [0.2, 0.25) is 0 Å². The molecule has 0 heterocycles. The highest BCUT2D eigenvalue weighted by molar-refractivity contribution is 6.31. The van der Waals surface area contributed by atoms with Gasteiger partial charge in [-0.25, -0.2) is 0 Å². The summed E-state index contributed by atoms with van der Waals surface area (Å²) in [4.78, 5) is 0. The molecule has 0 aromatic heterocycles. The molecule has 0 atom stereocenters. The first-order chi connectivity index (χ1) is 12.3. The van der Waals surface area contributed by atoms with E-state index in [9.17, 15) is 0 Å². The van der Waals surface area contributed by atoms with Crippen LogP contribution in [-0.4, -0.2) is 0 Å². The van der Waals surface area contributed by atoms with Gasteiger partial charge in [-0.2, -0.15) is 0 Å². The fourth-order valence-corrected chi connectivity index (χ4v) is 4.27. The third kappa shape index (κ3) is 2.01. The van der Waals surface area contributed by atoms with E-state index in [4.69, 9.17) is 0 Å². The van der Waals surface area contributed by atoms with Gasteiger partial charge in [-0.05, 0) is 60.6 Å². The minimum atomic E-state index is 0.500. The summed E-state index contributed by atoms with van der Waals surface area (Å²) in [5.41, 5.74) is 1.43. The summed E-state index contributed by atoms with van der Waals surface area (Å²) in [6, 6.07) is 28.9. The fraction of sp³-hybridized carbons (Fsp3) is 0.120.